The molecular weight excluding hydrogens is 293 g/mol. The van der Waals surface area contributed by atoms with Gasteiger partial charge in [-0.2, -0.15) is 0 Å². The number of hydrogen-bond acceptors (Lipinski definition) is 3. The summed E-state index contributed by atoms with van der Waals surface area (Å²) in [6.07, 6.45) is 3.16. The highest BCUT2D eigenvalue weighted by Gasteiger charge is 2.22. The molecule has 1 aliphatic rings. The molecule has 0 saturated carbocycles. The van der Waals surface area contributed by atoms with Gasteiger partial charge in [-0.05, 0) is 30.7 Å². The molecule has 1 aliphatic heterocycles. The Balaban J connectivity index is 2.06. The Hall–Kier alpha value is -0.580. The molecule has 6 heteroatoms. The molecule has 1 aromatic rings. The number of phenols is 1. The number of carbonyl (C=O) groups excluding carboxylic acids is 1. The lowest BCUT2D eigenvalue weighted by Crippen LogP contribution is -2.27. The van der Waals surface area contributed by atoms with Crippen LogP contribution in [0.25, 0.3) is 0 Å². The number of aromatic hydroxyl groups is 1. The quantitative estimate of drug-likeness (QED) is 0.814. The van der Waals surface area contributed by atoms with E-state index >= 15 is 0 Å². The minimum atomic E-state index is -0.164. The van der Waals surface area contributed by atoms with Gasteiger partial charge in [0.1, 0.15) is 0 Å². The number of nitrogens with one attached hydrogen (secondary N) is 1. The monoisotopic (exact) mass is 305 g/mol. The van der Waals surface area contributed by atoms with Crippen LogP contribution in [0.4, 0.5) is 5.69 Å². The Morgan fingerprint density at radius 1 is 1.33 bits per heavy atom. The maximum Gasteiger partial charge on any atom is 0.237 e. The summed E-state index contributed by atoms with van der Waals surface area (Å²) in [7, 11) is 0. The molecule has 0 spiro atoms. The van der Waals surface area contributed by atoms with Gasteiger partial charge in [-0.15, -0.1) is 11.8 Å². The van der Waals surface area contributed by atoms with E-state index < -0.39 is 0 Å². The maximum absolute atomic E-state index is 12.0. The van der Waals surface area contributed by atoms with Crippen molar-refractivity contribution < 1.29 is 9.90 Å². The molecule has 1 unspecified atom stereocenters. The SMILES string of the molecule is O=C(Nc1cc(Cl)c(O)c(Cl)c1)C1CCCCS1. The van der Waals surface area contributed by atoms with Crippen LogP contribution in [0, 0.1) is 0 Å². The minimum Gasteiger partial charge on any atom is -0.505 e. The molecule has 1 aromatic carbocycles. The van der Waals surface area contributed by atoms with Gasteiger partial charge in [-0.25, -0.2) is 0 Å². The molecule has 3 nitrogen and oxygen atoms in total. The number of rotatable bonds is 2. The first-order valence-corrected chi connectivity index (χ1v) is 7.49. The van der Waals surface area contributed by atoms with Crippen molar-refractivity contribution in [3.63, 3.8) is 0 Å². The summed E-state index contributed by atoms with van der Waals surface area (Å²) in [6, 6.07) is 2.99. The van der Waals surface area contributed by atoms with Crippen LogP contribution in [0.3, 0.4) is 0 Å². The van der Waals surface area contributed by atoms with E-state index in [1.54, 1.807) is 11.8 Å². The second-order valence-corrected chi connectivity index (χ2v) is 6.26. The van der Waals surface area contributed by atoms with E-state index in [1.807, 2.05) is 0 Å². The molecule has 1 heterocycles. The number of anilines is 1. The Bertz CT molecular complexity index is 438. The molecule has 1 saturated heterocycles. The number of hydrogen-bond donors (Lipinski definition) is 2. The van der Waals surface area contributed by atoms with E-state index in [0.29, 0.717) is 5.69 Å². The van der Waals surface area contributed by atoms with Crippen LogP contribution in [-0.4, -0.2) is 22.0 Å². The largest absolute Gasteiger partial charge is 0.505 e. The van der Waals surface area contributed by atoms with Crippen LogP contribution in [0.1, 0.15) is 19.3 Å². The lowest BCUT2D eigenvalue weighted by molar-refractivity contribution is -0.115. The van der Waals surface area contributed by atoms with Crippen molar-refractivity contribution >= 4 is 46.6 Å². The Kier molecular flexibility index (Phi) is 4.65. The van der Waals surface area contributed by atoms with Gasteiger partial charge in [0.25, 0.3) is 0 Å². The minimum absolute atomic E-state index is 0.00916. The molecule has 0 bridgehead atoms. The highest BCUT2D eigenvalue weighted by Crippen LogP contribution is 2.35. The number of thioether (sulfide) groups is 1. The molecular formula is C12H13Cl2NO2S. The first-order chi connectivity index (χ1) is 8.58. The van der Waals surface area contributed by atoms with Gasteiger partial charge in [-0.3, -0.25) is 4.79 Å². The summed E-state index contributed by atoms with van der Waals surface area (Å²) >= 11 is 13.3. The summed E-state index contributed by atoms with van der Waals surface area (Å²) < 4.78 is 0. The predicted molar refractivity (Wildman–Crippen MR) is 76.9 cm³/mol. The van der Waals surface area contributed by atoms with Gasteiger partial charge >= 0.3 is 0 Å². The van der Waals surface area contributed by atoms with Crippen molar-refractivity contribution in [1.29, 1.82) is 0 Å². The van der Waals surface area contributed by atoms with E-state index in [4.69, 9.17) is 23.2 Å². The summed E-state index contributed by atoms with van der Waals surface area (Å²) in [5.74, 6) is 0.829. The second-order valence-electron chi connectivity index (χ2n) is 4.13. The smallest absolute Gasteiger partial charge is 0.237 e. The third-order valence-electron chi connectivity index (χ3n) is 2.76. The van der Waals surface area contributed by atoms with Crippen LogP contribution in [0.15, 0.2) is 12.1 Å². The Morgan fingerprint density at radius 3 is 2.56 bits per heavy atom. The zero-order valence-electron chi connectivity index (χ0n) is 9.58. The zero-order chi connectivity index (χ0) is 13.1. The lowest BCUT2D eigenvalue weighted by Gasteiger charge is -2.20. The fraction of sp³-hybridized carbons (Fsp3) is 0.417. The van der Waals surface area contributed by atoms with Crippen molar-refractivity contribution in [3.05, 3.63) is 22.2 Å². The average Bonchev–Trinajstić information content (AvgIpc) is 2.37. The normalized spacial score (nSPS) is 19.6. The van der Waals surface area contributed by atoms with Crippen LogP contribution in [0.2, 0.25) is 10.0 Å². The van der Waals surface area contributed by atoms with Crippen molar-refractivity contribution in [3.8, 4) is 5.75 Å². The maximum atomic E-state index is 12.0. The fourth-order valence-electron chi connectivity index (χ4n) is 1.81. The van der Waals surface area contributed by atoms with Crippen molar-refractivity contribution in [2.75, 3.05) is 11.1 Å². The molecule has 2 N–H and O–H groups in total. The Morgan fingerprint density at radius 2 is 2.00 bits per heavy atom. The van der Waals surface area contributed by atoms with E-state index in [0.717, 1.165) is 18.6 Å². The number of carbonyl (C=O) groups is 1. The molecule has 1 fully saturated rings. The van der Waals surface area contributed by atoms with Gasteiger partial charge in [0.15, 0.2) is 5.75 Å². The summed E-state index contributed by atoms with van der Waals surface area (Å²) in [5, 5.41) is 12.5. The van der Waals surface area contributed by atoms with E-state index in [2.05, 4.69) is 5.32 Å². The molecule has 0 radical (unpaired) electrons. The molecule has 18 heavy (non-hydrogen) atoms. The van der Waals surface area contributed by atoms with E-state index in [1.165, 1.54) is 18.6 Å². The van der Waals surface area contributed by atoms with Crippen LogP contribution in [0.5, 0.6) is 5.75 Å². The Labute approximate surface area is 120 Å². The lowest BCUT2D eigenvalue weighted by atomic mass is 10.2. The third kappa shape index (κ3) is 3.25. The summed E-state index contributed by atoms with van der Waals surface area (Å²) in [5.41, 5.74) is 0.513. The number of benzene rings is 1. The van der Waals surface area contributed by atoms with Crippen LogP contribution < -0.4 is 5.32 Å². The molecule has 0 aliphatic carbocycles. The second kappa shape index (κ2) is 6.04. The van der Waals surface area contributed by atoms with Crippen molar-refractivity contribution in [2.24, 2.45) is 0 Å². The average molecular weight is 306 g/mol. The third-order valence-corrected chi connectivity index (χ3v) is 4.71. The molecule has 2 rings (SSSR count). The predicted octanol–water partition coefficient (Wildman–Crippen LogP) is 3.92. The standard InChI is InChI=1S/C12H13Cl2NO2S/c13-8-5-7(6-9(14)11(8)16)15-12(17)10-3-1-2-4-18-10/h5-6,10,16H,1-4H2,(H,15,17). The first-order valence-electron chi connectivity index (χ1n) is 5.68. The summed E-state index contributed by atoms with van der Waals surface area (Å²) in [4.78, 5) is 12.0. The van der Waals surface area contributed by atoms with E-state index in [-0.39, 0.29) is 27.0 Å². The number of halogens is 2. The van der Waals surface area contributed by atoms with Crippen molar-refractivity contribution in [1.82, 2.24) is 0 Å². The summed E-state index contributed by atoms with van der Waals surface area (Å²) in [6.45, 7) is 0. The molecule has 98 valence electrons. The first kappa shape index (κ1) is 13.8. The topological polar surface area (TPSA) is 49.3 Å². The van der Waals surface area contributed by atoms with E-state index in [9.17, 15) is 9.90 Å². The van der Waals surface area contributed by atoms with Crippen LogP contribution in [-0.2, 0) is 4.79 Å². The van der Waals surface area contributed by atoms with Gasteiger partial charge in [0, 0.05) is 5.69 Å². The fourth-order valence-corrected chi connectivity index (χ4v) is 3.49. The molecule has 1 atom stereocenters. The van der Waals surface area contributed by atoms with Gasteiger partial charge in [0.2, 0.25) is 5.91 Å². The number of phenolic OH excluding ortho intramolecular Hbond substituents is 1. The highest BCUT2D eigenvalue weighted by molar-refractivity contribution is 8.00. The van der Waals surface area contributed by atoms with Crippen molar-refractivity contribution in [2.45, 2.75) is 24.5 Å². The van der Waals surface area contributed by atoms with Crippen LogP contribution >= 0.6 is 35.0 Å². The molecule has 1 amide bonds. The number of amides is 1. The van der Waals surface area contributed by atoms with Gasteiger partial charge < -0.3 is 10.4 Å². The zero-order valence-corrected chi connectivity index (χ0v) is 11.9. The van der Waals surface area contributed by atoms with Gasteiger partial charge in [-0.1, -0.05) is 29.6 Å². The highest BCUT2D eigenvalue weighted by atomic mass is 35.5. The van der Waals surface area contributed by atoms with Gasteiger partial charge in [0.05, 0.1) is 15.3 Å². The molecule has 0 aromatic heterocycles.